The van der Waals surface area contributed by atoms with E-state index in [1.54, 1.807) is 0 Å². The molecule has 29 heavy (non-hydrogen) atoms. The van der Waals surface area contributed by atoms with Crippen molar-refractivity contribution in [2.24, 2.45) is 5.92 Å². The van der Waals surface area contributed by atoms with Gasteiger partial charge in [-0.25, -0.2) is 13.1 Å². The first-order valence-electron chi connectivity index (χ1n) is 9.27. The van der Waals surface area contributed by atoms with Crippen LogP contribution in [0.1, 0.15) is 12.8 Å². The highest BCUT2D eigenvalue weighted by atomic mass is 32.2. The van der Waals surface area contributed by atoms with E-state index in [2.05, 4.69) is 14.6 Å². The lowest BCUT2D eigenvalue weighted by atomic mass is 9.97. The van der Waals surface area contributed by atoms with Gasteiger partial charge in [0.15, 0.2) is 5.58 Å². The van der Waals surface area contributed by atoms with Crippen molar-refractivity contribution in [1.82, 2.24) is 9.71 Å². The van der Waals surface area contributed by atoms with Crippen molar-refractivity contribution in [2.45, 2.75) is 17.7 Å². The predicted molar refractivity (Wildman–Crippen MR) is 107 cm³/mol. The molecule has 1 aromatic heterocycles. The Bertz CT molecular complexity index is 1100. The van der Waals surface area contributed by atoms with Crippen LogP contribution >= 0.6 is 0 Å². The van der Waals surface area contributed by atoms with E-state index in [-0.39, 0.29) is 23.0 Å². The second-order valence-corrected chi connectivity index (χ2v) is 8.77. The highest BCUT2D eigenvalue weighted by Gasteiger charge is 2.25. The summed E-state index contributed by atoms with van der Waals surface area (Å²) in [4.78, 5) is 16.7. The van der Waals surface area contributed by atoms with E-state index >= 15 is 0 Å². The first-order valence-corrected chi connectivity index (χ1v) is 10.8. The number of oxazole rings is 1. The smallest absolute Gasteiger partial charge is 0.298 e. The van der Waals surface area contributed by atoms with Crippen LogP contribution in [0.4, 0.5) is 11.7 Å². The molecule has 9 nitrogen and oxygen atoms in total. The highest BCUT2D eigenvalue weighted by Crippen LogP contribution is 2.26. The van der Waals surface area contributed by atoms with Crippen LogP contribution in [-0.4, -0.2) is 38.0 Å². The predicted octanol–water partition coefficient (Wildman–Crippen LogP) is 2.93. The fraction of sp³-hybridized carbons (Fsp3) is 0.316. The molecule has 1 saturated heterocycles. The summed E-state index contributed by atoms with van der Waals surface area (Å²) < 4.78 is 33.3. The van der Waals surface area contributed by atoms with E-state index in [0.29, 0.717) is 6.01 Å². The van der Waals surface area contributed by atoms with E-state index < -0.39 is 14.9 Å². The first-order chi connectivity index (χ1) is 13.9. The number of rotatable bonds is 6. The third-order valence-corrected chi connectivity index (χ3v) is 6.49. The topological polar surface area (TPSA) is 119 Å². The van der Waals surface area contributed by atoms with Crippen LogP contribution in [0.25, 0.3) is 11.1 Å². The third-order valence-electron chi connectivity index (χ3n) is 5.07. The monoisotopic (exact) mass is 416 g/mol. The molecule has 4 rings (SSSR count). The third kappa shape index (κ3) is 4.22. The van der Waals surface area contributed by atoms with E-state index in [9.17, 15) is 18.5 Å². The summed E-state index contributed by atoms with van der Waals surface area (Å²) in [7, 11) is -3.80. The van der Waals surface area contributed by atoms with Crippen molar-refractivity contribution >= 4 is 32.8 Å². The van der Waals surface area contributed by atoms with Crippen molar-refractivity contribution in [3.8, 4) is 0 Å². The molecule has 0 radical (unpaired) electrons. The molecule has 0 amide bonds. The van der Waals surface area contributed by atoms with Crippen LogP contribution in [-0.2, 0) is 10.0 Å². The number of hydrogen-bond acceptors (Lipinski definition) is 7. The van der Waals surface area contributed by atoms with Crippen LogP contribution in [0, 0.1) is 16.0 Å². The molecular weight excluding hydrogens is 396 g/mol. The van der Waals surface area contributed by atoms with Gasteiger partial charge in [-0.1, -0.05) is 18.2 Å². The number of para-hydroxylation sites is 2. The van der Waals surface area contributed by atoms with Crippen LogP contribution < -0.4 is 9.62 Å². The molecule has 1 fully saturated rings. The van der Waals surface area contributed by atoms with Gasteiger partial charge in [-0.05, 0) is 37.0 Å². The Kier molecular flexibility index (Phi) is 5.20. The number of nitrogens with zero attached hydrogens (tertiary/aromatic N) is 3. The Morgan fingerprint density at radius 2 is 1.93 bits per heavy atom. The van der Waals surface area contributed by atoms with Gasteiger partial charge in [0.1, 0.15) is 5.52 Å². The Morgan fingerprint density at radius 1 is 1.17 bits per heavy atom. The Hall–Kier alpha value is -2.98. The van der Waals surface area contributed by atoms with E-state index in [4.69, 9.17) is 4.42 Å². The van der Waals surface area contributed by atoms with E-state index in [1.165, 1.54) is 18.2 Å². The number of non-ortho nitro benzene ring substituents is 1. The maximum absolute atomic E-state index is 12.5. The van der Waals surface area contributed by atoms with Crippen molar-refractivity contribution in [3.05, 3.63) is 58.6 Å². The summed E-state index contributed by atoms with van der Waals surface area (Å²) >= 11 is 0. The maximum Gasteiger partial charge on any atom is 0.298 e. The van der Waals surface area contributed by atoms with Gasteiger partial charge in [0.2, 0.25) is 10.0 Å². The minimum atomic E-state index is -3.80. The molecule has 2 aromatic carbocycles. The van der Waals surface area contributed by atoms with Crippen LogP contribution in [0.15, 0.2) is 57.8 Å². The quantitative estimate of drug-likeness (QED) is 0.485. The average Bonchev–Trinajstić information content (AvgIpc) is 3.17. The van der Waals surface area contributed by atoms with Crippen molar-refractivity contribution < 1.29 is 17.8 Å². The van der Waals surface area contributed by atoms with Gasteiger partial charge in [0.05, 0.1) is 9.82 Å². The Balaban J connectivity index is 1.35. The minimum absolute atomic E-state index is 0.101. The summed E-state index contributed by atoms with van der Waals surface area (Å²) in [6.07, 6.45) is 1.58. The first kappa shape index (κ1) is 19.3. The zero-order valence-electron chi connectivity index (χ0n) is 15.5. The van der Waals surface area contributed by atoms with Crippen LogP contribution in [0.5, 0.6) is 0 Å². The minimum Gasteiger partial charge on any atom is -0.423 e. The van der Waals surface area contributed by atoms with Crippen LogP contribution in [0.2, 0.25) is 0 Å². The molecule has 0 unspecified atom stereocenters. The second-order valence-electron chi connectivity index (χ2n) is 7.00. The number of fused-ring (bicyclic) bond motifs is 1. The number of nitro benzene ring substituents is 1. The van der Waals surface area contributed by atoms with Crippen molar-refractivity contribution in [1.29, 1.82) is 0 Å². The van der Waals surface area contributed by atoms with Gasteiger partial charge in [-0.3, -0.25) is 10.1 Å². The Labute approximate surface area is 167 Å². The number of aromatic nitrogens is 1. The van der Waals surface area contributed by atoms with Crippen molar-refractivity contribution in [2.75, 3.05) is 24.5 Å². The molecule has 3 aromatic rings. The number of anilines is 1. The van der Waals surface area contributed by atoms with Gasteiger partial charge in [0, 0.05) is 31.8 Å². The molecular formula is C19H20N4O5S. The number of nitrogens with one attached hydrogen (secondary N) is 1. The molecule has 0 atom stereocenters. The van der Waals surface area contributed by atoms with Gasteiger partial charge in [0.25, 0.3) is 11.7 Å². The van der Waals surface area contributed by atoms with E-state index in [0.717, 1.165) is 43.1 Å². The molecule has 0 aliphatic carbocycles. The molecule has 1 aliphatic heterocycles. The normalized spacial score (nSPS) is 15.7. The molecule has 2 heterocycles. The molecule has 0 saturated carbocycles. The molecule has 152 valence electrons. The number of benzene rings is 2. The van der Waals surface area contributed by atoms with Crippen LogP contribution in [0.3, 0.4) is 0 Å². The number of piperidine rings is 1. The average molecular weight is 416 g/mol. The van der Waals surface area contributed by atoms with Gasteiger partial charge in [-0.2, -0.15) is 4.98 Å². The lowest BCUT2D eigenvalue weighted by molar-refractivity contribution is -0.385. The lowest BCUT2D eigenvalue weighted by Crippen LogP contribution is -2.38. The number of hydrogen-bond donors (Lipinski definition) is 1. The highest BCUT2D eigenvalue weighted by molar-refractivity contribution is 7.89. The zero-order chi connectivity index (χ0) is 20.4. The summed E-state index contributed by atoms with van der Waals surface area (Å²) in [5.74, 6) is 0.170. The Morgan fingerprint density at radius 3 is 2.66 bits per heavy atom. The summed E-state index contributed by atoms with van der Waals surface area (Å²) in [5.41, 5.74) is 1.31. The van der Waals surface area contributed by atoms with E-state index in [1.807, 2.05) is 24.3 Å². The van der Waals surface area contributed by atoms with Gasteiger partial charge < -0.3 is 9.32 Å². The zero-order valence-corrected chi connectivity index (χ0v) is 16.3. The summed E-state index contributed by atoms with van der Waals surface area (Å²) in [5, 5.41) is 10.9. The van der Waals surface area contributed by atoms with Gasteiger partial charge in [-0.15, -0.1) is 0 Å². The maximum atomic E-state index is 12.5. The second kappa shape index (κ2) is 7.80. The molecule has 1 N–H and O–H groups in total. The fourth-order valence-electron chi connectivity index (χ4n) is 3.40. The largest absolute Gasteiger partial charge is 0.423 e. The number of sulfonamides is 1. The molecule has 0 spiro atoms. The molecule has 1 aliphatic rings. The summed E-state index contributed by atoms with van der Waals surface area (Å²) in [6, 6.07) is 13.2. The standard InChI is InChI=1S/C19H20N4O5S/c24-23(25)15-4-3-5-16(12-15)29(26,27)20-13-14-8-10-22(11-9-14)19-21-17-6-1-2-7-18(17)28-19/h1-7,12,14,20H,8-11,13H2. The van der Waals surface area contributed by atoms with Crippen molar-refractivity contribution in [3.63, 3.8) is 0 Å². The molecule has 10 heteroatoms. The fourth-order valence-corrected chi connectivity index (χ4v) is 4.55. The molecule has 0 bridgehead atoms. The summed E-state index contributed by atoms with van der Waals surface area (Å²) in [6.45, 7) is 1.72. The lowest BCUT2D eigenvalue weighted by Gasteiger charge is -2.30. The van der Waals surface area contributed by atoms with Gasteiger partial charge >= 0.3 is 0 Å². The number of nitro groups is 1. The SMILES string of the molecule is O=[N+]([O-])c1cccc(S(=O)(=O)NCC2CCN(c3nc4ccccc4o3)CC2)c1.